The third-order valence-corrected chi connectivity index (χ3v) is 5.13. The van der Waals surface area contributed by atoms with Crippen LogP contribution in [0.2, 0.25) is 5.02 Å². The number of rotatable bonds is 3. The minimum Gasteiger partial charge on any atom is -0.360 e. The van der Waals surface area contributed by atoms with E-state index >= 15 is 0 Å². The van der Waals surface area contributed by atoms with Gasteiger partial charge in [0.2, 0.25) is 5.89 Å². The highest BCUT2D eigenvalue weighted by molar-refractivity contribution is 6.33. The number of benzene rings is 1. The van der Waals surface area contributed by atoms with Gasteiger partial charge in [-0.3, -0.25) is 4.79 Å². The van der Waals surface area contributed by atoms with Crippen LogP contribution in [-0.4, -0.2) is 32.6 Å². The fourth-order valence-corrected chi connectivity index (χ4v) is 3.71. The molecule has 1 fully saturated rings. The summed E-state index contributed by atoms with van der Waals surface area (Å²) in [6, 6.07) is 7.02. The molecule has 0 radical (unpaired) electrons. The summed E-state index contributed by atoms with van der Waals surface area (Å²) in [6.45, 7) is 4.11. The number of likely N-dealkylation sites (tertiary alicyclic amines) is 1. The molecular formula is C19H19ClN4O3. The van der Waals surface area contributed by atoms with Gasteiger partial charge in [0.05, 0.1) is 5.02 Å². The zero-order valence-corrected chi connectivity index (χ0v) is 15.9. The summed E-state index contributed by atoms with van der Waals surface area (Å²) in [5.41, 5.74) is 1.54. The second-order valence-corrected chi connectivity index (χ2v) is 7.04. The van der Waals surface area contributed by atoms with Crippen molar-refractivity contribution in [2.45, 2.75) is 39.2 Å². The van der Waals surface area contributed by atoms with E-state index in [9.17, 15) is 4.79 Å². The molecular weight excluding hydrogens is 368 g/mol. The van der Waals surface area contributed by atoms with Gasteiger partial charge in [0.1, 0.15) is 23.1 Å². The van der Waals surface area contributed by atoms with Gasteiger partial charge in [-0.1, -0.05) is 40.1 Å². The number of halogens is 1. The van der Waals surface area contributed by atoms with E-state index < -0.39 is 0 Å². The molecule has 1 amide bonds. The van der Waals surface area contributed by atoms with E-state index in [-0.39, 0.29) is 11.9 Å². The molecule has 0 spiro atoms. The molecule has 3 heterocycles. The van der Waals surface area contributed by atoms with Gasteiger partial charge < -0.3 is 13.9 Å². The Morgan fingerprint density at radius 3 is 2.74 bits per heavy atom. The number of piperidine rings is 1. The van der Waals surface area contributed by atoms with Gasteiger partial charge in [0.25, 0.3) is 5.91 Å². The van der Waals surface area contributed by atoms with E-state index in [2.05, 4.69) is 15.3 Å². The molecule has 1 saturated heterocycles. The highest BCUT2D eigenvalue weighted by Crippen LogP contribution is 2.36. The molecule has 0 unspecified atom stereocenters. The summed E-state index contributed by atoms with van der Waals surface area (Å²) >= 11 is 6.32. The van der Waals surface area contributed by atoms with E-state index in [0.29, 0.717) is 45.9 Å². The Morgan fingerprint density at radius 1 is 1.19 bits per heavy atom. The van der Waals surface area contributed by atoms with Crippen molar-refractivity contribution in [2.24, 2.45) is 0 Å². The Labute approximate surface area is 161 Å². The Balaban J connectivity index is 1.74. The number of nitrogens with zero attached hydrogens (tertiary/aromatic N) is 4. The first-order chi connectivity index (χ1) is 13.1. The van der Waals surface area contributed by atoms with Crippen LogP contribution >= 0.6 is 11.6 Å². The highest BCUT2D eigenvalue weighted by atomic mass is 35.5. The van der Waals surface area contributed by atoms with Gasteiger partial charge in [0, 0.05) is 12.1 Å². The summed E-state index contributed by atoms with van der Waals surface area (Å²) in [7, 11) is 0. The average molecular weight is 387 g/mol. The van der Waals surface area contributed by atoms with Crippen LogP contribution in [-0.2, 0) is 0 Å². The van der Waals surface area contributed by atoms with Gasteiger partial charge in [-0.05, 0) is 39.2 Å². The van der Waals surface area contributed by atoms with E-state index in [1.54, 1.807) is 24.8 Å². The molecule has 7 nitrogen and oxygen atoms in total. The monoisotopic (exact) mass is 386 g/mol. The first-order valence-corrected chi connectivity index (χ1v) is 9.26. The van der Waals surface area contributed by atoms with Crippen molar-refractivity contribution in [3.05, 3.63) is 52.3 Å². The van der Waals surface area contributed by atoms with Gasteiger partial charge in [0.15, 0.2) is 5.82 Å². The van der Waals surface area contributed by atoms with Crippen LogP contribution in [0.3, 0.4) is 0 Å². The number of aryl methyl sites for hydroxylation is 2. The molecule has 4 rings (SSSR count). The minimum absolute atomic E-state index is 0.163. The Kier molecular flexibility index (Phi) is 4.70. The molecule has 1 aliphatic rings. The smallest absolute Gasteiger partial charge is 0.260 e. The highest BCUT2D eigenvalue weighted by Gasteiger charge is 2.35. The van der Waals surface area contributed by atoms with Gasteiger partial charge in [-0.25, -0.2) is 0 Å². The van der Waals surface area contributed by atoms with Crippen molar-refractivity contribution < 1.29 is 13.8 Å². The molecule has 2 aromatic heterocycles. The fourth-order valence-electron chi connectivity index (χ4n) is 3.48. The lowest BCUT2D eigenvalue weighted by Crippen LogP contribution is -2.39. The van der Waals surface area contributed by atoms with Crippen molar-refractivity contribution in [3.8, 4) is 11.3 Å². The predicted octanol–water partition coefficient (Wildman–Crippen LogP) is 4.36. The Hall–Kier alpha value is -2.67. The van der Waals surface area contributed by atoms with Crippen molar-refractivity contribution in [1.82, 2.24) is 20.2 Å². The molecule has 0 saturated carbocycles. The molecule has 0 aliphatic carbocycles. The lowest BCUT2D eigenvalue weighted by molar-refractivity contribution is 0.0560. The zero-order chi connectivity index (χ0) is 19.0. The maximum absolute atomic E-state index is 13.5. The maximum Gasteiger partial charge on any atom is 0.260 e. The summed E-state index contributed by atoms with van der Waals surface area (Å²) in [6.07, 6.45) is 2.69. The van der Waals surface area contributed by atoms with E-state index in [4.69, 9.17) is 20.6 Å². The number of carbonyl (C=O) groups excluding carboxylic acids is 1. The number of hydrogen-bond donors (Lipinski definition) is 0. The van der Waals surface area contributed by atoms with Crippen molar-refractivity contribution in [2.75, 3.05) is 6.54 Å². The normalized spacial score (nSPS) is 17.3. The van der Waals surface area contributed by atoms with Crippen LogP contribution in [0.1, 0.15) is 53.1 Å². The largest absolute Gasteiger partial charge is 0.360 e. The third kappa shape index (κ3) is 3.23. The zero-order valence-electron chi connectivity index (χ0n) is 15.1. The van der Waals surface area contributed by atoms with Crippen LogP contribution in [0.5, 0.6) is 0 Å². The van der Waals surface area contributed by atoms with Gasteiger partial charge in [-0.2, -0.15) is 4.98 Å². The van der Waals surface area contributed by atoms with Crippen LogP contribution in [0, 0.1) is 13.8 Å². The number of hydrogen-bond acceptors (Lipinski definition) is 6. The molecule has 1 atom stereocenters. The number of carbonyl (C=O) groups is 1. The average Bonchev–Trinajstić information content (AvgIpc) is 3.27. The second-order valence-electron chi connectivity index (χ2n) is 6.63. The van der Waals surface area contributed by atoms with Gasteiger partial charge >= 0.3 is 0 Å². The van der Waals surface area contributed by atoms with E-state index in [1.807, 2.05) is 18.2 Å². The SMILES string of the molecule is Cc1noc([C@@H]2CCCCN2C(=O)c2c(-c3ccccc3Cl)noc2C)n1. The topological polar surface area (TPSA) is 85.3 Å². The van der Waals surface area contributed by atoms with Crippen LogP contribution in [0.15, 0.2) is 33.3 Å². The Bertz CT molecular complexity index is 981. The quantitative estimate of drug-likeness (QED) is 0.664. The molecule has 1 aliphatic heterocycles. The lowest BCUT2D eigenvalue weighted by atomic mass is 9.99. The molecule has 8 heteroatoms. The van der Waals surface area contributed by atoms with Crippen molar-refractivity contribution in [3.63, 3.8) is 0 Å². The molecule has 0 N–H and O–H groups in total. The third-order valence-electron chi connectivity index (χ3n) is 4.80. The molecule has 3 aromatic rings. The molecule has 27 heavy (non-hydrogen) atoms. The molecule has 0 bridgehead atoms. The van der Waals surface area contributed by atoms with Crippen LogP contribution in [0.4, 0.5) is 0 Å². The minimum atomic E-state index is -0.249. The fraction of sp³-hybridized carbons (Fsp3) is 0.368. The van der Waals surface area contributed by atoms with Crippen molar-refractivity contribution >= 4 is 17.5 Å². The first kappa shape index (κ1) is 17.7. The molecule has 140 valence electrons. The van der Waals surface area contributed by atoms with Crippen molar-refractivity contribution in [1.29, 1.82) is 0 Å². The molecule has 1 aromatic carbocycles. The summed E-state index contributed by atoms with van der Waals surface area (Å²) in [5, 5.41) is 8.49. The van der Waals surface area contributed by atoms with Crippen LogP contribution < -0.4 is 0 Å². The summed E-state index contributed by atoms with van der Waals surface area (Å²) in [4.78, 5) is 19.6. The van der Waals surface area contributed by atoms with E-state index in [0.717, 1.165) is 19.3 Å². The maximum atomic E-state index is 13.5. The number of amides is 1. The standard InChI is InChI=1S/C19H19ClN4O3/c1-11-16(17(23-26-11)13-7-3-4-8-14(13)20)19(25)24-10-6-5-9-15(24)18-21-12(2)22-27-18/h3-4,7-8,15H,5-6,9-10H2,1-2H3/t15-/m0/s1. The first-order valence-electron chi connectivity index (χ1n) is 8.88. The van der Waals surface area contributed by atoms with E-state index in [1.165, 1.54) is 0 Å². The van der Waals surface area contributed by atoms with Gasteiger partial charge in [-0.15, -0.1) is 0 Å². The predicted molar refractivity (Wildman–Crippen MR) is 98.3 cm³/mol. The summed E-state index contributed by atoms with van der Waals surface area (Å²) in [5.74, 6) is 1.32. The summed E-state index contributed by atoms with van der Waals surface area (Å²) < 4.78 is 10.7. The number of aromatic nitrogens is 3. The second kappa shape index (κ2) is 7.15. The van der Waals surface area contributed by atoms with Crippen LogP contribution in [0.25, 0.3) is 11.3 Å². The Morgan fingerprint density at radius 2 is 2.00 bits per heavy atom. The lowest BCUT2D eigenvalue weighted by Gasteiger charge is -2.33.